The minimum atomic E-state index is -0.257. The maximum Gasteiger partial charge on any atom is 0.186 e. The number of benzene rings is 2. The quantitative estimate of drug-likeness (QED) is 0.468. The van der Waals surface area contributed by atoms with Crippen LogP contribution in [0.3, 0.4) is 0 Å². The number of nitrogens with zero attached hydrogens (tertiary/aromatic N) is 5. The number of anilines is 2. The molecule has 0 spiro atoms. The van der Waals surface area contributed by atoms with Crippen LogP contribution < -0.4 is 9.80 Å². The van der Waals surface area contributed by atoms with Crippen LogP contribution in [0.2, 0.25) is 5.02 Å². The van der Waals surface area contributed by atoms with Gasteiger partial charge in [-0.25, -0.2) is 9.37 Å². The van der Waals surface area contributed by atoms with E-state index in [9.17, 15) is 4.39 Å². The fourth-order valence-corrected chi connectivity index (χ4v) is 4.71. The van der Waals surface area contributed by atoms with Gasteiger partial charge in [0.1, 0.15) is 5.82 Å². The Balaban J connectivity index is 1.26. The number of thiazole rings is 1. The standard InChI is InChI=1S/C21H17ClFN5S/c22-15-3-6-18-19(13-15)29-21(24-18)28-11-9-27(10-12-28)20-8-7-17(25-26-20)14-1-4-16(23)5-2-14/h1-8,13H,9-12H2. The summed E-state index contributed by atoms with van der Waals surface area (Å²) in [5.41, 5.74) is 2.57. The van der Waals surface area contributed by atoms with Crippen LogP contribution >= 0.6 is 22.9 Å². The molecule has 8 heteroatoms. The third kappa shape index (κ3) is 3.75. The molecule has 5 rings (SSSR count). The van der Waals surface area contributed by atoms with Crippen LogP contribution in [0.5, 0.6) is 0 Å². The molecule has 0 N–H and O–H groups in total. The summed E-state index contributed by atoms with van der Waals surface area (Å²) < 4.78 is 14.2. The Morgan fingerprint density at radius 2 is 1.62 bits per heavy atom. The zero-order chi connectivity index (χ0) is 19.8. The molecule has 0 saturated carbocycles. The van der Waals surface area contributed by atoms with Crippen molar-refractivity contribution in [2.24, 2.45) is 0 Å². The van der Waals surface area contributed by atoms with Crippen molar-refractivity contribution in [2.75, 3.05) is 36.0 Å². The van der Waals surface area contributed by atoms with Gasteiger partial charge in [0.2, 0.25) is 0 Å². The smallest absolute Gasteiger partial charge is 0.186 e. The zero-order valence-corrected chi connectivity index (χ0v) is 17.0. The molecule has 4 aromatic rings. The van der Waals surface area contributed by atoms with Gasteiger partial charge in [-0.1, -0.05) is 22.9 Å². The number of piperazine rings is 1. The summed E-state index contributed by atoms with van der Waals surface area (Å²) in [5, 5.41) is 10.5. The van der Waals surface area contributed by atoms with E-state index in [-0.39, 0.29) is 5.82 Å². The van der Waals surface area contributed by atoms with E-state index >= 15 is 0 Å². The molecule has 0 amide bonds. The predicted molar refractivity (Wildman–Crippen MR) is 116 cm³/mol. The normalized spacial score (nSPS) is 14.6. The van der Waals surface area contributed by atoms with Crippen molar-refractivity contribution in [3.63, 3.8) is 0 Å². The van der Waals surface area contributed by atoms with E-state index in [1.54, 1.807) is 23.5 Å². The predicted octanol–water partition coefficient (Wildman–Crippen LogP) is 4.87. The molecule has 0 aliphatic carbocycles. The van der Waals surface area contributed by atoms with Crippen molar-refractivity contribution in [2.45, 2.75) is 0 Å². The van der Waals surface area contributed by atoms with Crippen molar-refractivity contribution >= 4 is 44.1 Å². The lowest BCUT2D eigenvalue weighted by molar-refractivity contribution is 0.628. The first-order valence-corrected chi connectivity index (χ1v) is 10.5. The van der Waals surface area contributed by atoms with E-state index in [1.165, 1.54) is 12.1 Å². The van der Waals surface area contributed by atoms with E-state index in [2.05, 4.69) is 20.0 Å². The Bertz CT molecular complexity index is 1140. The zero-order valence-electron chi connectivity index (χ0n) is 15.4. The molecule has 146 valence electrons. The van der Waals surface area contributed by atoms with Crippen LogP contribution in [0.15, 0.2) is 54.6 Å². The lowest BCUT2D eigenvalue weighted by atomic mass is 10.1. The summed E-state index contributed by atoms with van der Waals surface area (Å²) >= 11 is 7.76. The van der Waals surface area contributed by atoms with Gasteiger partial charge in [-0.15, -0.1) is 10.2 Å². The molecule has 0 radical (unpaired) electrons. The Morgan fingerprint density at radius 3 is 2.34 bits per heavy atom. The van der Waals surface area contributed by atoms with Gasteiger partial charge in [0.05, 0.1) is 15.9 Å². The number of halogens is 2. The van der Waals surface area contributed by atoms with Gasteiger partial charge in [0.25, 0.3) is 0 Å². The average Bonchev–Trinajstić information content (AvgIpc) is 3.18. The Labute approximate surface area is 176 Å². The monoisotopic (exact) mass is 425 g/mol. The summed E-state index contributed by atoms with van der Waals surface area (Å²) in [6.45, 7) is 3.44. The number of rotatable bonds is 3. The Kier molecular flexibility index (Phi) is 4.77. The average molecular weight is 426 g/mol. The van der Waals surface area contributed by atoms with Crippen LogP contribution in [-0.4, -0.2) is 41.4 Å². The number of hydrogen-bond acceptors (Lipinski definition) is 6. The van der Waals surface area contributed by atoms with E-state index in [1.807, 2.05) is 30.3 Å². The molecule has 0 atom stereocenters. The molecule has 0 bridgehead atoms. The minimum absolute atomic E-state index is 0.257. The summed E-state index contributed by atoms with van der Waals surface area (Å²) in [6.07, 6.45) is 0. The van der Waals surface area contributed by atoms with Gasteiger partial charge in [0, 0.05) is 36.8 Å². The highest BCUT2D eigenvalue weighted by atomic mass is 35.5. The molecule has 1 aliphatic heterocycles. The van der Waals surface area contributed by atoms with Crippen molar-refractivity contribution in [3.8, 4) is 11.3 Å². The highest BCUT2D eigenvalue weighted by molar-refractivity contribution is 7.22. The van der Waals surface area contributed by atoms with Crippen molar-refractivity contribution in [1.82, 2.24) is 15.2 Å². The topological polar surface area (TPSA) is 45.2 Å². The van der Waals surface area contributed by atoms with Crippen LogP contribution in [0, 0.1) is 5.82 Å². The molecule has 1 saturated heterocycles. The first-order valence-electron chi connectivity index (χ1n) is 9.31. The molecule has 2 aromatic heterocycles. The van der Waals surface area contributed by atoms with Crippen molar-refractivity contribution in [1.29, 1.82) is 0 Å². The van der Waals surface area contributed by atoms with E-state index in [0.29, 0.717) is 0 Å². The number of fused-ring (bicyclic) bond motifs is 1. The van der Waals surface area contributed by atoms with Gasteiger partial charge < -0.3 is 9.80 Å². The van der Waals surface area contributed by atoms with Gasteiger partial charge in [-0.05, 0) is 54.6 Å². The van der Waals surface area contributed by atoms with Crippen LogP contribution in [0.4, 0.5) is 15.3 Å². The Morgan fingerprint density at radius 1 is 0.862 bits per heavy atom. The summed E-state index contributed by atoms with van der Waals surface area (Å²) in [7, 11) is 0. The SMILES string of the molecule is Fc1ccc(-c2ccc(N3CCN(c4nc5ccc(Cl)cc5s4)CC3)nn2)cc1. The van der Waals surface area contributed by atoms with Gasteiger partial charge >= 0.3 is 0 Å². The first kappa shape index (κ1) is 18.3. The lowest BCUT2D eigenvalue weighted by Gasteiger charge is -2.35. The maximum absolute atomic E-state index is 13.1. The fraction of sp³-hybridized carbons (Fsp3) is 0.190. The second kappa shape index (κ2) is 7.57. The van der Waals surface area contributed by atoms with Crippen LogP contribution in [0.25, 0.3) is 21.5 Å². The lowest BCUT2D eigenvalue weighted by Crippen LogP contribution is -2.46. The summed E-state index contributed by atoms with van der Waals surface area (Å²) in [5.74, 6) is 0.596. The summed E-state index contributed by atoms with van der Waals surface area (Å²) in [4.78, 5) is 9.26. The first-order chi connectivity index (χ1) is 14.2. The molecule has 29 heavy (non-hydrogen) atoms. The molecule has 0 unspecified atom stereocenters. The fourth-order valence-electron chi connectivity index (χ4n) is 3.42. The minimum Gasteiger partial charge on any atom is -0.352 e. The van der Waals surface area contributed by atoms with Crippen LogP contribution in [-0.2, 0) is 0 Å². The van der Waals surface area contributed by atoms with E-state index in [4.69, 9.17) is 16.6 Å². The maximum atomic E-state index is 13.1. The molecule has 1 aliphatic rings. The van der Waals surface area contributed by atoms with Crippen molar-refractivity contribution in [3.05, 3.63) is 65.4 Å². The second-order valence-corrected chi connectivity index (χ2v) is 8.31. The molecule has 1 fully saturated rings. The third-order valence-corrected chi connectivity index (χ3v) is 6.32. The number of aromatic nitrogens is 3. The van der Waals surface area contributed by atoms with Gasteiger partial charge in [-0.3, -0.25) is 0 Å². The highest BCUT2D eigenvalue weighted by Gasteiger charge is 2.21. The highest BCUT2D eigenvalue weighted by Crippen LogP contribution is 2.31. The van der Waals surface area contributed by atoms with E-state index in [0.717, 1.165) is 63.6 Å². The molecular formula is C21H17ClFN5S. The van der Waals surface area contributed by atoms with Crippen molar-refractivity contribution < 1.29 is 4.39 Å². The second-order valence-electron chi connectivity index (χ2n) is 6.87. The summed E-state index contributed by atoms with van der Waals surface area (Å²) in [6, 6.07) is 16.0. The molecule has 3 heterocycles. The molecule has 2 aromatic carbocycles. The van der Waals surface area contributed by atoms with E-state index < -0.39 is 0 Å². The third-order valence-electron chi connectivity index (χ3n) is 5.00. The molecular weight excluding hydrogens is 409 g/mol. The molecule has 5 nitrogen and oxygen atoms in total. The van der Waals surface area contributed by atoms with Gasteiger partial charge in [-0.2, -0.15) is 0 Å². The van der Waals surface area contributed by atoms with Gasteiger partial charge in [0.15, 0.2) is 10.9 Å². The number of hydrogen-bond donors (Lipinski definition) is 0. The largest absolute Gasteiger partial charge is 0.352 e. The Hall–Kier alpha value is -2.77. The van der Waals surface area contributed by atoms with Crippen LogP contribution in [0.1, 0.15) is 0 Å².